The molecule has 0 bridgehead atoms. The fourth-order valence-electron chi connectivity index (χ4n) is 2.04. The molecule has 0 saturated carbocycles. The molecule has 6 nitrogen and oxygen atoms in total. The summed E-state index contributed by atoms with van der Waals surface area (Å²) in [7, 11) is 1.37. The lowest BCUT2D eigenvalue weighted by molar-refractivity contribution is 0.0606. The Bertz CT molecular complexity index is 427. The molecule has 0 radical (unpaired) electrons. The molecule has 0 spiro atoms. The van der Waals surface area contributed by atoms with Crippen molar-refractivity contribution in [2.24, 2.45) is 0 Å². The highest BCUT2D eigenvalue weighted by Crippen LogP contribution is 2.29. The van der Waals surface area contributed by atoms with Crippen molar-refractivity contribution in [2.75, 3.05) is 50.5 Å². The van der Waals surface area contributed by atoms with Crippen molar-refractivity contribution in [1.82, 2.24) is 9.88 Å². The van der Waals surface area contributed by atoms with Crippen molar-refractivity contribution in [3.05, 3.63) is 4.88 Å². The van der Waals surface area contributed by atoms with Crippen LogP contribution in [0.15, 0.2) is 0 Å². The molecule has 2 N–H and O–H groups in total. The molecule has 1 aliphatic heterocycles. The second-order valence-corrected chi connectivity index (χ2v) is 5.15. The van der Waals surface area contributed by atoms with Gasteiger partial charge in [-0.15, -0.1) is 0 Å². The number of aromatic nitrogens is 1. The number of likely N-dealkylation sites (N-methyl/N-ethyl adjacent to an activating group) is 1. The number of hydrogen-bond acceptors (Lipinski definition) is 7. The van der Waals surface area contributed by atoms with E-state index in [2.05, 4.69) is 21.7 Å². The molecule has 0 unspecified atom stereocenters. The zero-order valence-corrected chi connectivity index (χ0v) is 11.5. The second kappa shape index (κ2) is 5.53. The Labute approximate surface area is 110 Å². The summed E-state index contributed by atoms with van der Waals surface area (Å²) in [6.45, 7) is 6.89. The van der Waals surface area contributed by atoms with Crippen molar-refractivity contribution >= 4 is 28.3 Å². The summed E-state index contributed by atoms with van der Waals surface area (Å²) >= 11 is 1.18. The van der Waals surface area contributed by atoms with Gasteiger partial charge < -0.3 is 20.3 Å². The van der Waals surface area contributed by atoms with E-state index < -0.39 is 0 Å². The van der Waals surface area contributed by atoms with Gasteiger partial charge in [-0.25, -0.2) is 9.78 Å². The first-order valence-corrected chi connectivity index (χ1v) is 6.79. The molecule has 0 aromatic carbocycles. The summed E-state index contributed by atoms with van der Waals surface area (Å²) < 4.78 is 4.76. The number of piperazine rings is 1. The number of carbonyl (C=O) groups is 1. The third-order valence-corrected chi connectivity index (χ3v) is 3.97. The summed E-state index contributed by atoms with van der Waals surface area (Å²) in [5, 5.41) is 0.406. The molecule has 2 rings (SSSR count). The van der Waals surface area contributed by atoms with Crippen molar-refractivity contribution in [1.29, 1.82) is 0 Å². The molecule has 2 heterocycles. The predicted molar refractivity (Wildman–Crippen MR) is 72.2 cm³/mol. The van der Waals surface area contributed by atoms with E-state index in [4.69, 9.17) is 10.5 Å². The minimum atomic E-state index is -0.364. The van der Waals surface area contributed by atoms with E-state index in [1.807, 2.05) is 0 Å². The zero-order valence-electron chi connectivity index (χ0n) is 10.7. The van der Waals surface area contributed by atoms with Gasteiger partial charge in [-0.1, -0.05) is 18.3 Å². The first kappa shape index (κ1) is 13.1. The van der Waals surface area contributed by atoms with E-state index in [0.29, 0.717) is 15.8 Å². The third-order valence-electron chi connectivity index (χ3n) is 3.12. The largest absolute Gasteiger partial charge is 0.465 e. The number of hydrogen-bond donors (Lipinski definition) is 1. The van der Waals surface area contributed by atoms with Crippen LogP contribution in [0.2, 0.25) is 0 Å². The van der Waals surface area contributed by atoms with Gasteiger partial charge in [0.25, 0.3) is 0 Å². The van der Waals surface area contributed by atoms with Gasteiger partial charge in [-0.05, 0) is 6.54 Å². The smallest absolute Gasteiger partial charge is 0.352 e. The van der Waals surface area contributed by atoms with E-state index in [9.17, 15) is 4.79 Å². The molecule has 100 valence electrons. The van der Waals surface area contributed by atoms with Gasteiger partial charge in [-0.3, -0.25) is 0 Å². The topological polar surface area (TPSA) is 71.7 Å². The SMILES string of the molecule is CCN1CCN(c2nc(N)sc2C(=O)OC)CC1. The second-order valence-electron chi connectivity index (χ2n) is 4.12. The highest BCUT2D eigenvalue weighted by atomic mass is 32.1. The molecule has 1 aromatic heterocycles. The monoisotopic (exact) mass is 270 g/mol. The van der Waals surface area contributed by atoms with E-state index in [1.165, 1.54) is 18.4 Å². The van der Waals surface area contributed by atoms with Crippen molar-refractivity contribution < 1.29 is 9.53 Å². The molecule has 0 aliphatic carbocycles. The van der Waals surface area contributed by atoms with Crippen LogP contribution in [-0.4, -0.2) is 55.7 Å². The van der Waals surface area contributed by atoms with Crippen LogP contribution in [-0.2, 0) is 4.74 Å². The maximum absolute atomic E-state index is 11.7. The van der Waals surface area contributed by atoms with E-state index >= 15 is 0 Å². The van der Waals surface area contributed by atoms with Crippen LogP contribution in [0.25, 0.3) is 0 Å². The Morgan fingerprint density at radius 2 is 2.11 bits per heavy atom. The number of ether oxygens (including phenoxy) is 1. The van der Waals surface area contributed by atoms with E-state index in [1.54, 1.807) is 0 Å². The maximum Gasteiger partial charge on any atom is 0.352 e. The third kappa shape index (κ3) is 2.56. The van der Waals surface area contributed by atoms with Gasteiger partial charge in [-0.2, -0.15) is 0 Å². The first-order chi connectivity index (χ1) is 8.65. The van der Waals surface area contributed by atoms with Crippen LogP contribution in [0, 0.1) is 0 Å². The average Bonchev–Trinajstić information content (AvgIpc) is 2.80. The van der Waals surface area contributed by atoms with Crippen LogP contribution < -0.4 is 10.6 Å². The normalized spacial score (nSPS) is 16.9. The lowest BCUT2D eigenvalue weighted by Gasteiger charge is -2.34. The van der Waals surface area contributed by atoms with Crippen molar-refractivity contribution in [3.63, 3.8) is 0 Å². The number of carbonyl (C=O) groups excluding carboxylic acids is 1. The van der Waals surface area contributed by atoms with Gasteiger partial charge in [0.15, 0.2) is 15.8 Å². The fraction of sp³-hybridized carbons (Fsp3) is 0.636. The van der Waals surface area contributed by atoms with Gasteiger partial charge in [0, 0.05) is 26.2 Å². The highest BCUT2D eigenvalue weighted by Gasteiger charge is 2.25. The predicted octanol–water partition coefficient (Wildman–Crippen LogP) is 0.654. The zero-order chi connectivity index (χ0) is 13.1. The number of nitrogens with two attached hydrogens (primary N) is 1. The molecule has 1 fully saturated rings. The van der Waals surface area contributed by atoms with Gasteiger partial charge >= 0.3 is 5.97 Å². The summed E-state index contributed by atoms with van der Waals surface area (Å²) in [5.41, 5.74) is 5.69. The molecule has 0 atom stereocenters. The number of thiazole rings is 1. The van der Waals surface area contributed by atoms with Gasteiger partial charge in [0.05, 0.1) is 7.11 Å². The van der Waals surface area contributed by atoms with E-state index in [0.717, 1.165) is 32.7 Å². The summed E-state index contributed by atoms with van der Waals surface area (Å²) in [4.78, 5) is 20.9. The molecule has 1 aliphatic rings. The number of nitrogen functional groups attached to an aromatic ring is 1. The quantitative estimate of drug-likeness (QED) is 0.813. The first-order valence-electron chi connectivity index (χ1n) is 5.97. The Hall–Kier alpha value is -1.34. The number of anilines is 2. The molecular formula is C11H18N4O2S. The molecule has 7 heteroatoms. The Morgan fingerprint density at radius 3 is 2.67 bits per heavy atom. The Balaban J connectivity index is 2.16. The van der Waals surface area contributed by atoms with Crippen LogP contribution in [0.3, 0.4) is 0 Å². The highest BCUT2D eigenvalue weighted by molar-refractivity contribution is 7.17. The molecular weight excluding hydrogens is 252 g/mol. The lowest BCUT2D eigenvalue weighted by Crippen LogP contribution is -2.46. The number of rotatable bonds is 3. The van der Waals surface area contributed by atoms with Crippen LogP contribution >= 0.6 is 11.3 Å². The average molecular weight is 270 g/mol. The molecule has 0 amide bonds. The van der Waals surface area contributed by atoms with Crippen LogP contribution in [0.4, 0.5) is 10.9 Å². The minimum Gasteiger partial charge on any atom is -0.465 e. The van der Waals surface area contributed by atoms with Gasteiger partial charge in [0.2, 0.25) is 0 Å². The Kier molecular flexibility index (Phi) is 4.03. The molecule has 1 saturated heterocycles. The van der Waals surface area contributed by atoms with Gasteiger partial charge in [0.1, 0.15) is 0 Å². The van der Waals surface area contributed by atoms with Crippen LogP contribution in [0.5, 0.6) is 0 Å². The molecule has 1 aromatic rings. The lowest BCUT2D eigenvalue weighted by atomic mass is 10.3. The van der Waals surface area contributed by atoms with Crippen LogP contribution in [0.1, 0.15) is 16.6 Å². The minimum absolute atomic E-state index is 0.364. The summed E-state index contributed by atoms with van der Waals surface area (Å²) in [5.74, 6) is 0.303. The Morgan fingerprint density at radius 1 is 1.44 bits per heavy atom. The summed E-state index contributed by atoms with van der Waals surface area (Å²) in [6, 6.07) is 0. The number of esters is 1. The van der Waals surface area contributed by atoms with Crippen molar-refractivity contribution in [2.45, 2.75) is 6.92 Å². The maximum atomic E-state index is 11.7. The van der Waals surface area contributed by atoms with E-state index in [-0.39, 0.29) is 5.97 Å². The standard InChI is InChI=1S/C11H18N4O2S/c1-3-14-4-6-15(7-5-14)9-8(10(16)17-2)18-11(12)13-9/h3-7H2,1-2H3,(H2,12,13). The van der Waals surface area contributed by atoms with Crippen molar-refractivity contribution in [3.8, 4) is 0 Å². The molecule has 18 heavy (non-hydrogen) atoms. The number of nitrogens with zero attached hydrogens (tertiary/aromatic N) is 3. The fourth-order valence-corrected chi connectivity index (χ4v) is 2.82. The summed E-state index contributed by atoms with van der Waals surface area (Å²) in [6.07, 6.45) is 0. The number of methoxy groups -OCH3 is 1.